The van der Waals surface area contributed by atoms with Crippen molar-refractivity contribution in [1.29, 1.82) is 0 Å². The summed E-state index contributed by atoms with van der Waals surface area (Å²) >= 11 is 0. The Kier molecular flexibility index (Phi) is 3.31. The number of anilines is 2. The van der Waals surface area contributed by atoms with Crippen molar-refractivity contribution in [1.82, 2.24) is 14.5 Å². The van der Waals surface area contributed by atoms with E-state index in [-0.39, 0.29) is 5.88 Å². The van der Waals surface area contributed by atoms with Crippen LogP contribution in [0.15, 0.2) is 52.6 Å². The number of benzene rings is 1. The maximum atomic E-state index is 10.3. The van der Waals surface area contributed by atoms with Crippen molar-refractivity contribution in [2.75, 3.05) is 5.32 Å². The van der Waals surface area contributed by atoms with Crippen molar-refractivity contribution < 1.29 is 5.11 Å². The molecule has 0 spiro atoms. The van der Waals surface area contributed by atoms with Gasteiger partial charge in [0.2, 0.25) is 11.8 Å². The minimum atomic E-state index is 0.0714. The first kappa shape index (κ1) is 14.1. The van der Waals surface area contributed by atoms with Crippen molar-refractivity contribution >= 4 is 29.9 Å². The van der Waals surface area contributed by atoms with Crippen LogP contribution in [0.1, 0.15) is 5.69 Å². The van der Waals surface area contributed by atoms with Gasteiger partial charge in [-0.3, -0.25) is 4.57 Å². The molecular weight excluding hydrogens is 304 g/mol. The Balaban J connectivity index is 1.72. The van der Waals surface area contributed by atoms with Gasteiger partial charge in [-0.15, -0.1) is 0 Å². The number of hydrogen-bond donors (Lipinski definition) is 2. The zero-order valence-electron chi connectivity index (χ0n) is 12.9. The van der Waals surface area contributed by atoms with Crippen LogP contribution in [-0.2, 0) is 7.05 Å². The molecule has 0 radical (unpaired) electrons. The van der Waals surface area contributed by atoms with E-state index >= 15 is 0 Å². The molecule has 24 heavy (non-hydrogen) atoms. The van der Waals surface area contributed by atoms with E-state index in [2.05, 4.69) is 25.3 Å². The first-order chi connectivity index (χ1) is 11.7. The first-order valence-electron chi connectivity index (χ1n) is 7.36. The summed E-state index contributed by atoms with van der Waals surface area (Å²) in [5.41, 5.74) is 1.28. The maximum Gasteiger partial charge on any atom is 0.220 e. The summed E-state index contributed by atoms with van der Waals surface area (Å²) in [6.07, 6.45) is 5.02. The summed E-state index contributed by atoms with van der Waals surface area (Å²) in [4.78, 5) is 17.0. The number of nitrogens with one attached hydrogen (secondary N) is 1. The van der Waals surface area contributed by atoms with Crippen molar-refractivity contribution in [2.45, 2.75) is 0 Å². The van der Waals surface area contributed by atoms with Gasteiger partial charge in [0.15, 0.2) is 0 Å². The third kappa shape index (κ3) is 2.52. The Morgan fingerprint density at radius 1 is 1.21 bits per heavy atom. The van der Waals surface area contributed by atoms with Gasteiger partial charge in [-0.05, 0) is 35.6 Å². The molecule has 0 aliphatic carbocycles. The molecule has 2 N–H and O–H groups in total. The van der Waals surface area contributed by atoms with Crippen LogP contribution in [0.4, 0.5) is 17.5 Å². The summed E-state index contributed by atoms with van der Waals surface area (Å²) in [5, 5.41) is 15.1. The number of fused-ring (bicyclic) bond motifs is 1. The molecule has 0 unspecified atom stereocenters. The predicted octanol–water partition coefficient (Wildman–Crippen LogP) is 1.39. The molecule has 3 heterocycles. The van der Waals surface area contributed by atoms with Crippen LogP contribution in [-0.4, -0.2) is 26.0 Å². The lowest BCUT2D eigenvalue weighted by molar-refractivity contribution is 0.432. The van der Waals surface area contributed by atoms with E-state index < -0.39 is 0 Å². The van der Waals surface area contributed by atoms with Gasteiger partial charge in [0, 0.05) is 13.2 Å². The third-order valence-corrected chi connectivity index (χ3v) is 3.69. The van der Waals surface area contributed by atoms with E-state index in [1.54, 1.807) is 23.9 Å². The van der Waals surface area contributed by atoms with Crippen molar-refractivity contribution in [3.8, 4) is 5.88 Å². The number of imidazole rings is 1. The van der Waals surface area contributed by atoms with E-state index in [0.29, 0.717) is 17.5 Å². The second-order valence-corrected chi connectivity index (χ2v) is 5.31. The number of aromatic hydroxyl groups is 1. The van der Waals surface area contributed by atoms with Crippen LogP contribution in [0.25, 0.3) is 6.08 Å². The number of nitrogens with zero attached hydrogens (tertiary/aromatic N) is 5. The summed E-state index contributed by atoms with van der Waals surface area (Å²) in [6, 6.07) is 11.3. The molecule has 1 aromatic carbocycles. The van der Waals surface area contributed by atoms with E-state index in [9.17, 15) is 5.11 Å². The number of aliphatic imine (C=N–C) groups is 1. The molecule has 0 saturated heterocycles. The molecule has 4 rings (SSSR count). The second-order valence-electron chi connectivity index (χ2n) is 5.31. The predicted molar refractivity (Wildman–Crippen MR) is 91.3 cm³/mol. The van der Waals surface area contributed by atoms with Crippen molar-refractivity contribution in [3.63, 3.8) is 0 Å². The minimum absolute atomic E-state index is 0.0714. The molecule has 0 saturated carbocycles. The minimum Gasteiger partial charge on any atom is -0.493 e. The quantitative estimate of drug-likeness (QED) is 0.764. The van der Waals surface area contributed by atoms with Crippen LogP contribution in [0.5, 0.6) is 5.88 Å². The topological polar surface area (TPSA) is 87.7 Å². The van der Waals surface area contributed by atoms with Gasteiger partial charge >= 0.3 is 0 Å². The number of aromatic nitrogens is 3. The first-order valence-corrected chi connectivity index (χ1v) is 7.36. The zero-order valence-corrected chi connectivity index (χ0v) is 12.9. The van der Waals surface area contributed by atoms with Gasteiger partial charge in [0.05, 0.1) is 11.0 Å². The van der Waals surface area contributed by atoms with Gasteiger partial charge < -0.3 is 10.4 Å². The summed E-state index contributed by atoms with van der Waals surface area (Å²) in [6.45, 7) is 0. The van der Waals surface area contributed by atoms with Crippen LogP contribution in [0, 0.1) is 0 Å². The molecular formula is C17H14N6O. The molecule has 1 aliphatic rings. The lowest BCUT2D eigenvalue weighted by Crippen LogP contribution is -2.07. The molecule has 0 atom stereocenters. The van der Waals surface area contributed by atoms with Crippen LogP contribution >= 0.6 is 0 Å². The van der Waals surface area contributed by atoms with Crippen LogP contribution in [0.3, 0.4) is 0 Å². The largest absolute Gasteiger partial charge is 0.493 e. The van der Waals surface area contributed by atoms with Crippen LogP contribution < -0.4 is 15.9 Å². The van der Waals surface area contributed by atoms with E-state index in [1.807, 2.05) is 36.4 Å². The number of pyridine rings is 1. The van der Waals surface area contributed by atoms with Gasteiger partial charge in [0.25, 0.3) is 0 Å². The fraction of sp³-hybridized carbons (Fsp3) is 0.0588. The van der Waals surface area contributed by atoms with Gasteiger partial charge in [-0.2, -0.15) is 0 Å². The standard InChI is InChI=1S/C17H14N6O/c1-23-16(24)14(21-17(23)22-15-4-2-3-7-18-15)9-11-5-6-12-13(8-11)20-10-19-12/h2-10,24H,1H3,(H,18,21,22). The Labute approximate surface area is 137 Å². The highest BCUT2D eigenvalue weighted by molar-refractivity contribution is 5.67. The lowest BCUT2D eigenvalue weighted by Gasteiger charge is -2.04. The second kappa shape index (κ2) is 5.62. The fourth-order valence-electron chi connectivity index (χ4n) is 2.43. The molecule has 7 heteroatoms. The monoisotopic (exact) mass is 318 g/mol. The van der Waals surface area contributed by atoms with E-state index in [1.165, 1.54) is 6.34 Å². The number of hydrogen-bond acceptors (Lipinski definition) is 6. The van der Waals surface area contributed by atoms with E-state index in [0.717, 1.165) is 16.3 Å². The molecule has 0 bridgehead atoms. The normalized spacial score (nSPS) is 13.0. The molecule has 3 aromatic rings. The smallest absolute Gasteiger partial charge is 0.220 e. The molecule has 0 fully saturated rings. The van der Waals surface area contributed by atoms with Crippen molar-refractivity contribution in [2.24, 2.45) is 17.0 Å². The molecule has 7 nitrogen and oxygen atoms in total. The summed E-state index contributed by atoms with van der Waals surface area (Å²) < 4.78 is 1.57. The third-order valence-electron chi connectivity index (χ3n) is 3.69. The average molecular weight is 318 g/mol. The lowest BCUT2D eigenvalue weighted by atomic mass is 10.2. The highest BCUT2D eigenvalue weighted by Crippen LogP contribution is 2.23. The Bertz CT molecular complexity index is 1050. The Morgan fingerprint density at radius 3 is 2.96 bits per heavy atom. The zero-order chi connectivity index (χ0) is 16.5. The molecule has 2 aromatic heterocycles. The highest BCUT2D eigenvalue weighted by Gasteiger charge is 2.12. The number of rotatable bonds is 3. The molecule has 0 amide bonds. The van der Waals surface area contributed by atoms with Gasteiger partial charge in [-0.25, -0.2) is 20.0 Å². The molecule has 118 valence electrons. The highest BCUT2D eigenvalue weighted by atomic mass is 16.3. The maximum absolute atomic E-state index is 10.3. The summed E-state index contributed by atoms with van der Waals surface area (Å²) in [5.74, 6) is 1.24. The fourth-order valence-corrected chi connectivity index (χ4v) is 2.43. The Morgan fingerprint density at radius 2 is 2.12 bits per heavy atom. The Hall–Kier alpha value is -3.48. The van der Waals surface area contributed by atoms with E-state index in [4.69, 9.17) is 0 Å². The SMILES string of the molecule is Cn1c(Nc2ccccn2)nc(C=c2ccc3c(c2)N=CN=3)c1O. The van der Waals surface area contributed by atoms with Gasteiger partial charge in [0.1, 0.15) is 17.9 Å². The van der Waals surface area contributed by atoms with Gasteiger partial charge in [-0.1, -0.05) is 12.1 Å². The van der Waals surface area contributed by atoms with Crippen LogP contribution in [0.2, 0.25) is 0 Å². The average Bonchev–Trinajstić information content (AvgIpc) is 3.16. The molecule has 1 aliphatic heterocycles. The summed E-state index contributed by atoms with van der Waals surface area (Å²) in [7, 11) is 1.73. The van der Waals surface area contributed by atoms with Crippen molar-refractivity contribution in [3.05, 3.63) is 58.9 Å².